The van der Waals surface area contributed by atoms with Crippen molar-refractivity contribution < 1.29 is 23.8 Å². The predicted octanol–water partition coefficient (Wildman–Crippen LogP) is 1.96. The zero-order valence-corrected chi connectivity index (χ0v) is 16.0. The number of aryl methyl sites for hydroxylation is 2. The van der Waals surface area contributed by atoms with Crippen LogP contribution in [0.1, 0.15) is 21.5 Å². The number of nitrogens with one attached hydrogen (secondary N) is 3. The molecule has 0 aliphatic carbocycles. The van der Waals surface area contributed by atoms with Gasteiger partial charge in [0.15, 0.2) is 11.5 Å². The molecule has 1 aliphatic heterocycles. The molecule has 0 radical (unpaired) electrons. The normalized spacial score (nSPS) is 12.1. The van der Waals surface area contributed by atoms with Crippen LogP contribution in [-0.4, -0.2) is 38.7 Å². The Morgan fingerprint density at radius 3 is 2.61 bits per heavy atom. The summed E-state index contributed by atoms with van der Waals surface area (Å²) in [5, 5.41) is 3.04. The molecule has 3 N–H and O–H groups in total. The Hall–Kier alpha value is -3.42. The smallest absolute Gasteiger partial charge is 0.269 e. The number of rotatable bonds is 5. The highest BCUT2D eigenvalue weighted by Crippen LogP contribution is 2.40. The van der Waals surface area contributed by atoms with Crippen LogP contribution in [0.4, 0.5) is 5.69 Å². The third kappa shape index (κ3) is 4.46. The van der Waals surface area contributed by atoms with Gasteiger partial charge in [-0.2, -0.15) is 0 Å². The molecule has 0 unspecified atom stereocenters. The Labute approximate surface area is 163 Å². The van der Waals surface area contributed by atoms with Crippen molar-refractivity contribution in [3.8, 4) is 17.2 Å². The van der Waals surface area contributed by atoms with E-state index in [9.17, 15) is 9.59 Å². The molecule has 0 aromatic heterocycles. The maximum absolute atomic E-state index is 12.4. The summed E-state index contributed by atoms with van der Waals surface area (Å²) in [5.74, 6) is 0.420. The van der Waals surface area contributed by atoms with Crippen LogP contribution in [-0.2, 0) is 4.79 Å². The van der Waals surface area contributed by atoms with Crippen molar-refractivity contribution in [2.45, 2.75) is 13.8 Å². The summed E-state index contributed by atoms with van der Waals surface area (Å²) in [5.41, 5.74) is 8.11. The molecule has 8 heteroatoms. The van der Waals surface area contributed by atoms with Gasteiger partial charge in [0.1, 0.15) is 13.2 Å². The molecule has 3 rings (SSSR count). The summed E-state index contributed by atoms with van der Waals surface area (Å²) in [6.07, 6.45) is 0. The standard InChI is InChI=1S/C20H23N3O5/c1-12-4-5-15(13(2)8-12)21-11-18(24)22-23-20(25)14-9-16(26-3)19-17(10-14)27-6-7-28-19/h4-5,8-10,21H,6-7,11H2,1-3H3,(H,22,24)(H,23,25). The van der Waals surface area contributed by atoms with Crippen molar-refractivity contribution in [2.24, 2.45) is 0 Å². The minimum absolute atomic E-state index is 0.0225. The van der Waals surface area contributed by atoms with E-state index in [1.165, 1.54) is 13.2 Å². The number of methoxy groups -OCH3 is 1. The molecule has 8 nitrogen and oxygen atoms in total. The van der Waals surface area contributed by atoms with Crippen LogP contribution in [0.15, 0.2) is 30.3 Å². The van der Waals surface area contributed by atoms with E-state index in [4.69, 9.17) is 14.2 Å². The van der Waals surface area contributed by atoms with E-state index in [0.717, 1.165) is 16.8 Å². The summed E-state index contributed by atoms with van der Waals surface area (Å²) >= 11 is 0. The van der Waals surface area contributed by atoms with E-state index in [0.29, 0.717) is 30.5 Å². The van der Waals surface area contributed by atoms with Crippen molar-refractivity contribution >= 4 is 17.5 Å². The summed E-state index contributed by atoms with van der Waals surface area (Å²) in [6, 6.07) is 8.98. The topological polar surface area (TPSA) is 97.9 Å². The van der Waals surface area contributed by atoms with Gasteiger partial charge in [-0.15, -0.1) is 0 Å². The van der Waals surface area contributed by atoms with E-state index in [1.54, 1.807) is 6.07 Å². The molecule has 2 aromatic rings. The number of carbonyl (C=O) groups is 2. The van der Waals surface area contributed by atoms with Gasteiger partial charge in [-0.3, -0.25) is 20.4 Å². The van der Waals surface area contributed by atoms with Gasteiger partial charge in [-0.1, -0.05) is 17.7 Å². The molecule has 1 heterocycles. The van der Waals surface area contributed by atoms with Crippen molar-refractivity contribution in [3.63, 3.8) is 0 Å². The fourth-order valence-corrected chi connectivity index (χ4v) is 2.83. The summed E-state index contributed by atoms with van der Waals surface area (Å²) < 4.78 is 16.3. The molecule has 0 atom stereocenters. The van der Waals surface area contributed by atoms with Crippen LogP contribution in [0, 0.1) is 13.8 Å². The lowest BCUT2D eigenvalue weighted by Crippen LogP contribution is -2.44. The number of ether oxygens (including phenoxy) is 3. The van der Waals surface area contributed by atoms with Crippen LogP contribution < -0.4 is 30.4 Å². The lowest BCUT2D eigenvalue weighted by atomic mass is 10.1. The Balaban J connectivity index is 1.57. The number of fused-ring (bicyclic) bond motifs is 1. The van der Waals surface area contributed by atoms with Gasteiger partial charge in [-0.25, -0.2) is 0 Å². The van der Waals surface area contributed by atoms with E-state index < -0.39 is 5.91 Å². The molecule has 0 fully saturated rings. The van der Waals surface area contributed by atoms with Gasteiger partial charge in [0.25, 0.3) is 11.8 Å². The van der Waals surface area contributed by atoms with Crippen LogP contribution in [0.2, 0.25) is 0 Å². The molecule has 0 saturated heterocycles. The lowest BCUT2D eigenvalue weighted by molar-refractivity contribution is -0.120. The number of benzene rings is 2. The Morgan fingerprint density at radius 1 is 1.07 bits per heavy atom. The molecule has 2 amide bonds. The molecule has 1 aliphatic rings. The number of anilines is 1. The molecule has 0 saturated carbocycles. The molecule has 28 heavy (non-hydrogen) atoms. The summed E-state index contributed by atoms with van der Waals surface area (Å²) in [4.78, 5) is 24.4. The van der Waals surface area contributed by atoms with Crippen molar-refractivity contribution in [1.82, 2.24) is 10.9 Å². The second-order valence-corrected chi connectivity index (χ2v) is 6.38. The van der Waals surface area contributed by atoms with E-state index in [2.05, 4.69) is 16.2 Å². The van der Waals surface area contributed by atoms with Crippen molar-refractivity contribution in [1.29, 1.82) is 0 Å². The van der Waals surface area contributed by atoms with Crippen LogP contribution >= 0.6 is 0 Å². The average Bonchev–Trinajstić information content (AvgIpc) is 2.70. The first kappa shape index (κ1) is 19.3. The Morgan fingerprint density at radius 2 is 1.86 bits per heavy atom. The number of hydrazine groups is 1. The predicted molar refractivity (Wildman–Crippen MR) is 104 cm³/mol. The summed E-state index contributed by atoms with van der Waals surface area (Å²) in [6.45, 7) is 4.80. The highest BCUT2D eigenvalue weighted by molar-refractivity contribution is 5.97. The van der Waals surface area contributed by atoms with Crippen LogP contribution in [0.3, 0.4) is 0 Å². The van der Waals surface area contributed by atoms with E-state index in [-0.39, 0.29) is 18.0 Å². The monoisotopic (exact) mass is 385 g/mol. The fraction of sp³-hybridized carbons (Fsp3) is 0.300. The second-order valence-electron chi connectivity index (χ2n) is 6.38. The first-order valence-electron chi connectivity index (χ1n) is 8.86. The van der Waals surface area contributed by atoms with Crippen LogP contribution in [0.25, 0.3) is 0 Å². The first-order chi connectivity index (χ1) is 13.5. The molecule has 0 spiro atoms. The third-order valence-corrected chi connectivity index (χ3v) is 4.23. The Kier molecular flexibility index (Phi) is 5.88. The average molecular weight is 385 g/mol. The van der Waals surface area contributed by atoms with Crippen LogP contribution in [0.5, 0.6) is 17.2 Å². The SMILES string of the molecule is COc1cc(C(=O)NNC(=O)CNc2ccc(C)cc2C)cc2c1OCCO2. The molecular weight excluding hydrogens is 362 g/mol. The molecule has 0 bridgehead atoms. The summed E-state index contributed by atoms with van der Waals surface area (Å²) in [7, 11) is 1.48. The fourth-order valence-electron chi connectivity index (χ4n) is 2.83. The van der Waals surface area contributed by atoms with Gasteiger partial charge in [0, 0.05) is 11.3 Å². The third-order valence-electron chi connectivity index (χ3n) is 4.23. The molecule has 148 valence electrons. The van der Waals surface area contributed by atoms with Gasteiger partial charge in [-0.05, 0) is 37.6 Å². The van der Waals surface area contributed by atoms with Crippen molar-refractivity contribution in [2.75, 3.05) is 32.2 Å². The van der Waals surface area contributed by atoms with E-state index in [1.807, 2.05) is 32.0 Å². The lowest BCUT2D eigenvalue weighted by Gasteiger charge is -2.21. The largest absolute Gasteiger partial charge is 0.493 e. The maximum atomic E-state index is 12.4. The maximum Gasteiger partial charge on any atom is 0.269 e. The molecular formula is C20H23N3O5. The molecule has 2 aromatic carbocycles. The zero-order valence-electron chi connectivity index (χ0n) is 16.0. The minimum atomic E-state index is -0.491. The van der Waals surface area contributed by atoms with E-state index >= 15 is 0 Å². The Bertz CT molecular complexity index is 880. The number of amides is 2. The number of hydrogen-bond acceptors (Lipinski definition) is 6. The van der Waals surface area contributed by atoms with Gasteiger partial charge >= 0.3 is 0 Å². The zero-order chi connectivity index (χ0) is 20.1. The highest BCUT2D eigenvalue weighted by Gasteiger charge is 2.21. The van der Waals surface area contributed by atoms with Crippen molar-refractivity contribution in [3.05, 3.63) is 47.0 Å². The van der Waals surface area contributed by atoms with Gasteiger partial charge in [0.05, 0.1) is 13.7 Å². The highest BCUT2D eigenvalue weighted by atomic mass is 16.6. The van der Waals surface area contributed by atoms with Gasteiger partial charge < -0.3 is 19.5 Å². The number of carbonyl (C=O) groups excluding carboxylic acids is 2. The minimum Gasteiger partial charge on any atom is -0.493 e. The quantitative estimate of drug-likeness (QED) is 0.681. The number of hydrogen-bond donors (Lipinski definition) is 3. The second kappa shape index (κ2) is 8.51. The first-order valence-corrected chi connectivity index (χ1v) is 8.86. The van der Waals surface area contributed by atoms with Gasteiger partial charge in [0.2, 0.25) is 5.75 Å².